The summed E-state index contributed by atoms with van der Waals surface area (Å²) in [5, 5.41) is 4.51. The van der Waals surface area contributed by atoms with Crippen LogP contribution in [0.5, 0.6) is 0 Å². The highest BCUT2D eigenvalue weighted by Gasteiger charge is 2.11. The van der Waals surface area contributed by atoms with Crippen LogP contribution in [-0.4, -0.2) is 5.91 Å². The van der Waals surface area contributed by atoms with E-state index in [2.05, 4.69) is 21.2 Å². The van der Waals surface area contributed by atoms with E-state index in [1.807, 2.05) is 11.4 Å². The van der Waals surface area contributed by atoms with Crippen LogP contribution in [-0.2, 0) is 6.54 Å². The van der Waals surface area contributed by atoms with Crippen LogP contribution < -0.4 is 5.32 Å². The van der Waals surface area contributed by atoms with Gasteiger partial charge in [0.15, 0.2) is 0 Å². The summed E-state index contributed by atoms with van der Waals surface area (Å²) in [6.07, 6.45) is 0. The lowest BCUT2D eigenvalue weighted by molar-refractivity contribution is 0.0954. The van der Waals surface area contributed by atoms with Crippen LogP contribution in [0.1, 0.15) is 15.2 Å². The average Bonchev–Trinajstić information content (AvgIpc) is 2.74. The van der Waals surface area contributed by atoms with Gasteiger partial charge < -0.3 is 5.32 Å². The minimum absolute atomic E-state index is 0.190. The van der Waals surface area contributed by atoms with Crippen molar-refractivity contribution in [2.24, 2.45) is 0 Å². The Morgan fingerprint density at radius 1 is 1.35 bits per heavy atom. The Morgan fingerprint density at radius 2 is 2.12 bits per heavy atom. The number of hydrogen-bond acceptors (Lipinski definition) is 2. The van der Waals surface area contributed by atoms with Crippen molar-refractivity contribution in [2.45, 2.75) is 6.54 Å². The molecule has 2 nitrogen and oxygen atoms in total. The normalized spacial score (nSPS) is 10.2. The Bertz CT molecular complexity index is 541. The molecular formula is C12H9BrFNOS. The van der Waals surface area contributed by atoms with Gasteiger partial charge in [0.05, 0.1) is 0 Å². The van der Waals surface area contributed by atoms with Crippen LogP contribution >= 0.6 is 27.3 Å². The van der Waals surface area contributed by atoms with E-state index in [-0.39, 0.29) is 18.3 Å². The van der Waals surface area contributed by atoms with E-state index in [0.717, 1.165) is 4.47 Å². The Morgan fingerprint density at radius 3 is 2.76 bits per heavy atom. The highest BCUT2D eigenvalue weighted by atomic mass is 79.9. The third kappa shape index (κ3) is 2.92. The molecule has 1 amide bonds. The standard InChI is InChI=1S/C12H9BrFNOS/c13-9-5-6-17-11(9)12(16)15-7-8-3-1-2-4-10(8)14/h1-6H,7H2,(H,15,16). The molecule has 0 fully saturated rings. The molecule has 0 saturated carbocycles. The monoisotopic (exact) mass is 313 g/mol. The number of carbonyl (C=O) groups excluding carboxylic acids is 1. The molecule has 1 aromatic carbocycles. The Labute approximate surface area is 111 Å². The minimum atomic E-state index is -0.307. The predicted octanol–water partition coefficient (Wildman–Crippen LogP) is 3.58. The van der Waals surface area contributed by atoms with Crippen molar-refractivity contribution in [1.29, 1.82) is 0 Å². The zero-order chi connectivity index (χ0) is 12.3. The molecule has 0 radical (unpaired) electrons. The lowest BCUT2D eigenvalue weighted by Gasteiger charge is -2.05. The van der Waals surface area contributed by atoms with E-state index in [9.17, 15) is 9.18 Å². The predicted molar refractivity (Wildman–Crippen MR) is 69.6 cm³/mol. The third-order valence-corrected chi connectivity index (χ3v) is 4.06. The van der Waals surface area contributed by atoms with E-state index in [1.165, 1.54) is 17.4 Å². The lowest BCUT2D eigenvalue weighted by atomic mass is 10.2. The van der Waals surface area contributed by atoms with Gasteiger partial charge >= 0.3 is 0 Å². The first-order chi connectivity index (χ1) is 8.18. The molecule has 1 aromatic heterocycles. The summed E-state index contributed by atoms with van der Waals surface area (Å²) in [5.41, 5.74) is 0.480. The summed E-state index contributed by atoms with van der Waals surface area (Å²) in [6, 6.07) is 8.20. The molecule has 0 aliphatic rings. The molecule has 0 unspecified atom stereocenters. The maximum Gasteiger partial charge on any atom is 0.262 e. The van der Waals surface area contributed by atoms with Gasteiger partial charge in [-0.3, -0.25) is 4.79 Å². The van der Waals surface area contributed by atoms with E-state index < -0.39 is 0 Å². The van der Waals surface area contributed by atoms with Crippen LogP contribution in [0, 0.1) is 5.82 Å². The summed E-state index contributed by atoms with van der Waals surface area (Å²) in [6.45, 7) is 0.190. The van der Waals surface area contributed by atoms with Gasteiger partial charge in [-0.1, -0.05) is 18.2 Å². The largest absolute Gasteiger partial charge is 0.347 e. The fraction of sp³-hybridized carbons (Fsp3) is 0.0833. The molecule has 0 saturated heterocycles. The van der Waals surface area contributed by atoms with Gasteiger partial charge in [-0.05, 0) is 33.4 Å². The quantitative estimate of drug-likeness (QED) is 0.922. The number of nitrogens with one attached hydrogen (secondary N) is 1. The highest BCUT2D eigenvalue weighted by Crippen LogP contribution is 2.22. The van der Waals surface area contributed by atoms with Gasteiger partial charge in [0.25, 0.3) is 5.91 Å². The first-order valence-corrected chi connectivity index (χ1v) is 6.60. The first kappa shape index (κ1) is 12.3. The molecule has 1 N–H and O–H groups in total. The molecule has 0 aliphatic heterocycles. The second-order valence-corrected chi connectivity index (χ2v) is 5.14. The molecule has 88 valence electrons. The van der Waals surface area contributed by atoms with Crippen molar-refractivity contribution in [3.63, 3.8) is 0 Å². The summed E-state index contributed by atoms with van der Waals surface area (Å²) < 4.78 is 14.1. The average molecular weight is 314 g/mol. The summed E-state index contributed by atoms with van der Waals surface area (Å²) in [5.74, 6) is -0.506. The Hall–Kier alpha value is -1.20. The molecule has 0 atom stereocenters. The second-order valence-electron chi connectivity index (χ2n) is 3.37. The maximum atomic E-state index is 13.3. The van der Waals surface area contributed by atoms with E-state index in [1.54, 1.807) is 18.2 Å². The molecular weight excluding hydrogens is 305 g/mol. The van der Waals surface area contributed by atoms with Crippen molar-refractivity contribution in [3.05, 3.63) is 56.4 Å². The Balaban J connectivity index is 2.02. The van der Waals surface area contributed by atoms with Crippen molar-refractivity contribution in [1.82, 2.24) is 5.32 Å². The number of thiophene rings is 1. The van der Waals surface area contributed by atoms with Crippen LogP contribution in [0.3, 0.4) is 0 Å². The highest BCUT2D eigenvalue weighted by molar-refractivity contribution is 9.10. The topological polar surface area (TPSA) is 29.1 Å². The number of carbonyl (C=O) groups is 1. The van der Waals surface area contributed by atoms with E-state index >= 15 is 0 Å². The first-order valence-electron chi connectivity index (χ1n) is 4.93. The zero-order valence-corrected chi connectivity index (χ0v) is 11.1. The van der Waals surface area contributed by atoms with Crippen LogP contribution in [0.25, 0.3) is 0 Å². The summed E-state index contributed by atoms with van der Waals surface area (Å²) >= 11 is 4.63. The van der Waals surface area contributed by atoms with Gasteiger partial charge in [0.1, 0.15) is 10.7 Å². The third-order valence-electron chi connectivity index (χ3n) is 2.22. The van der Waals surface area contributed by atoms with Crippen LogP contribution in [0.2, 0.25) is 0 Å². The molecule has 2 aromatic rings. The SMILES string of the molecule is O=C(NCc1ccccc1F)c1sccc1Br. The Kier molecular flexibility index (Phi) is 3.91. The zero-order valence-electron chi connectivity index (χ0n) is 8.74. The fourth-order valence-corrected chi connectivity index (χ4v) is 2.82. The molecule has 1 heterocycles. The van der Waals surface area contributed by atoms with Gasteiger partial charge in [-0.2, -0.15) is 0 Å². The van der Waals surface area contributed by atoms with Crippen molar-refractivity contribution in [3.8, 4) is 0 Å². The second kappa shape index (κ2) is 5.42. The molecule has 17 heavy (non-hydrogen) atoms. The molecule has 0 bridgehead atoms. The molecule has 0 spiro atoms. The van der Waals surface area contributed by atoms with Crippen molar-refractivity contribution >= 4 is 33.2 Å². The number of halogens is 2. The molecule has 5 heteroatoms. The van der Waals surface area contributed by atoms with Gasteiger partial charge in [-0.15, -0.1) is 11.3 Å². The molecule has 2 rings (SSSR count). The molecule has 0 aliphatic carbocycles. The summed E-state index contributed by atoms with van der Waals surface area (Å²) in [7, 11) is 0. The van der Waals surface area contributed by atoms with Crippen molar-refractivity contribution in [2.75, 3.05) is 0 Å². The maximum absolute atomic E-state index is 13.3. The number of hydrogen-bond donors (Lipinski definition) is 1. The van der Waals surface area contributed by atoms with Gasteiger partial charge in [0.2, 0.25) is 0 Å². The summed E-state index contributed by atoms with van der Waals surface area (Å²) in [4.78, 5) is 12.4. The van der Waals surface area contributed by atoms with E-state index in [4.69, 9.17) is 0 Å². The lowest BCUT2D eigenvalue weighted by Crippen LogP contribution is -2.22. The number of amides is 1. The van der Waals surface area contributed by atoms with Crippen LogP contribution in [0.4, 0.5) is 4.39 Å². The van der Waals surface area contributed by atoms with Crippen LogP contribution in [0.15, 0.2) is 40.2 Å². The van der Waals surface area contributed by atoms with Gasteiger partial charge in [-0.25, -0.2) is 4.39 Å². The minimum Gasteiger partial charge on any atom is -0.347 e. The van der Waals surface area contributed by atoms with Crippen molar-refractivity contribution < 1.29 is 9.18 Å². The number of benzene rings is 1. The number of rotatable bonds is 3. The van der Waals surface area contributed by atoms with E-state index in [0.29, 0.717) is 10.4 Å². The fourth-order valence-electron chi connectivity index (χ4n) is 1.35. The van der Waals surface area contributed by atoms with Gasteiger partial charge in [0, 0.05) is 16.6 Å². The smallest absolute Gasteiger partial charge is 0.262 e.